The lowest BCUT2D eigenvalue weighted by Gasteiger charge is -2.30. The van der Waals surface area contributed by atoms with Gasteiger partial charge in [-0.15, -0.1) is 10.2 Å². The van der Waals surface area contributed by atoms with Gasteiger partial charge in [0.15, 0.2) is 0 Å². The van der Waals surface area contributed by atoms with Gasteiger partial charge in [0.2, 0.25) is 5.95 Å². The second kappa shape index (κ2) is 9.53. The van der Waals surface area contributed by atoms with E-state index < -0.39 is 5.82 Å². The second-order valence-corrected chi connectivity index (χ2v) is 7.31. The standard InChI is InChI=1S/C20H24FN5O.CH2O2/c1-3-13-10-15(21)18(17(27)11-13)19-16-7-5-9-26(16)20(24-23-19)22-14-6-4-8-25(2)12-14;2-1-3/h5,7,9-11,14,27H,3-4,6,8,12H2,1-2H3,(H,22,24);1H,(H,2,3)/t14-;/m1./s1. The van der Waals surface area contributed by atoms with Crippen molar-refractivity contribution in [3.63, 3.8) is 0 Å². The largest absolute Gasteiger partial charge is 0.507 e. The fourth-order valence-corrected chi connectivity index (χ4v) is 3.78. The molecule has 9 heteroatoms. The maximum absolute atomic E-state index is 14.7. The number of fused-ring (bicyclic) bond motifs is 1. The number of likely N-dealkylation sites (tertiary alicyclic amines) is 1. The summed E-state index contributed by atoms with van der Waals surface area (Å²) in [4.78, 5) is 10.7. The van der Waals surface area contributed by atoms with E-state index in [4.69, 9.17) is 9.90 Å². The molecule has 1 aliphatic heterocycles. The molecule has 8 nitrogen and oxygen atoms in total. The van der Waals surface area contributed by atoms with Crippen molar-refractivity contribution in [2.24, 2.45) is 0 Å². The highest BCUT2D eigenvalue weighted by Crippen LogP contribution is 2.35. The van der Waals surface area contributed by atoms with Crippen molar-refractivity contribution in [1.82, 2.24) is 19.5 Å². The van der Waals surface area contributed by atoms with E-state index in [0.717, 1.165) is 31.5 Å². The topological polar surface area (TPSA) is 103 Å². The summed E-state index contributed by atoms with van der Waals surface area (Å²) in [6.07, 6.45) is 4.73. The van der Waals surface area contributed by atoms with E-state index >= 15 is 0 Å². The number of rotatable bonds is 4. The Labute approximate surface area is 174 Å². The van der Waals surface area contributed by atoms with Crippen LogP contribution in [0.1, 0.15) is 25.3 Å². The number of nitrogens with zero attached hydrogens (tertiary/aromatic N) is 4. The smallest absolute Gasteiger partial charge is 0.290 e. The van der Waals surface area contributed by atoms with Gasteiger partial charge in [-0.1, -0.05) is 6.92 Å². The van der Waals surface area contributed by atoms with Gasteiger partial charge in [-0.2, -0.15) is 0 Å². The Morgan fingerprint density at radius 2 is 2.13 bits per heavy atom. The number of nitrogens with one attached hydrogen (secondary N) is 1. The fraction of sp³-hybridized carbons (Fsp3) is 0.381. The van der Waals surface area contributed by atoms with Crippen molar-refractivity contribution in [3.05, 3.63) is 41.8 Å². The number of phenols is 1. The molecule has 0 spiro atoms. The van der Waals surface area contributed by atoms with Crippen molar-refractivity contribution in [1.29, 1.82) is 0 Å². The summed E-state index contributed by atoms with van der Waals surface area (Å²) in [6.45, 7) is 3.72. The molecule has 0 radical (unpaired) electrons. The van der Waals surface area contributed by atoms with E-state index in [-0.39, 0.29) is 17.8 Å². The molecule has 1 fully saturated rings. The Bertz CT molecular complexity index is 1000. The molecular formula is C21H26FN5O3. The van der Waals surface area contributed by atoms with Crippen molar-refractivity contribution < 1.29 is 19.4 Å². The molecule has 2 aromatic heterocycles. The van der Waals surface area contributed by atoms with Gasteiger partial charge >= 0.3 is 0 Å². The van der Waals surface area contributed by atoms with Crippen molar-refractivity contribution >= 4 is 17.9 Å². The number of halogens is 1. The second-order valence-electron chi connectivity index (χ2n) is 7.31. The molecule has 1 atom stereocenters. The zero-order chi connectivity index (χ0) is 21.7. The molecule has 0 aliphatic carbocycles. The summed E-state index contributed by atoms with van der Waals surface area (Å²) < 4.78 is 16.5. The van der Waals surface area contributed by atoms with Gasteiger partial charge in [0.1, 0.15) is 17.3 Å². The molecule has 3 heterocycles. The lowest BCUT2D eigenvalue weighted by atomic mass is 10.0. The van der Waals surface area contributed by atoms with Gasteiger partial charge in [0.05, 0.1) is 11.1 Å². The molecule has 1 aliphatic rings. The van der Waals surface area contributed by atoms with Crippen LogP contribution in [0.3, 0.4) is 0 Å². The average Bonchev–Trinajstić information content (AvgIpc) is 3.20. The minimum absolute atomic E-state index is 0.0901. The van der Waals surface area contributed by atoms with Gasteiger partial charge < -0.3 is 20.4 Å². The van der Waals surface area contributed by atoms with Crippen LogP contribution in [0.5, 0.6) is 5.75 Å². The highest BCUT2D eigenvalue weighted by atomic mass is 19.1. The lowest BCUT2D eigenvalue weighted by Crippen LogP contribution is -2.40. The Balaban J connectivity index is 0.000000806. The Kier molecular flexibility index (Phi) is 6.83. The highest BCUT2D eigenvalue weighted by molar-refractivity contribution is 5.81. The summed E-state index contributed by atoms with van der Waals surface area (Å²) in [5.41, 5.74) is 1.87. The van der Waals surface area contributed by atoms with Crippen LogP contribution < -0.4 is 5.32 Å². The number of carboxylic acid groups (broad SMARTS) is 1. The molecule has 0 bridgehead atoms. The third-order valence-corrected chi connectivity index (χ3v) is 5.20. The zero-order valence-electron chi connectivity index (χ0n) is 17.0. The molecule has 1 saturated heterocycles. The summed E-state index contributed by atoms with van der Waals surface area (Å²) in [6, 6.07) is 7.05. The average molecular weight is 415 g/mol. The first-order valence-electron chi connectivity index (χ1n) is 9.86. The van der Waals surface area contributed by atoms with Crippen molar-refractivity contribution in [2.45, 2.75) is 32.2 Å². The first-order chi connectivity index (χ1) is 14.5. The van der Waals surface area contributed by atoms with E-state index in [1.165, 1.54) is 6.07 Å². The number of aryl methyl sites for hydroxylation is 1. The van der Waals surface area contributed by atoms with E-state index in [9.17, 15) is 9.50 Å². The summed E-state index contributed by atoms with van der Waals surface area (Å²) in [5.74, 6) is 0.0295. The Morgan fingerprint density at radius 3 is 2.80 bits per heavy atom. The van der Waals surface area contributed by atoms with Crippen LogP contribution in [0, 0.1) is 5.82 Å². The number of anilines is 1. The van der Waals surface area contributed by atoms with E-state index in [1.807, 2.05) is 29.7 Å². The van der Waals surface area contributed by atoms with Gasteiger partial charge in [-0.3, -0.25) is 9.20 Å². The number of carbonyl (C=O) groups is 1. The first kappa shape index (κ1) is 21.5. The van der Waals surface area contributed by atoms with Crippen LogP contribution in [0.4, 0.5) is 10.3 Å². The first-order valence-corrected chi connectivity index (χ1v) is 9.86. The van der Waals surface area contributed by atoms with E-state index in [0.29, 0.717) is 29.6 Å². The molecule has 3 N–H and O–H groups in total. The lowest BCUT2D eigenvalue weighted by molar-refractivity contribution is -0.122. The number of likely N-dealkylation sites (N-methyl/N-ethyl adjacent to an activating group) is 1. The van der Waals surface area contributed by atoms with Crippen LogP contribution >= 0.6 is 0 Å². The normalized spacial score (nSPS) is 16.7. The Morgan fingerprint density at radius 1 is 1.37 bits per heavy atom. The summed E-state index contributed by atoms with van der Waals surface area (Å²) in [7, 11) is 2.11. The van der Waals surface area contributed by atoms with E-state index in [2.05, 4.69) is 27.5 Å². The molecule has 0 unspecified atom stereocenters. The van der Waals surface area contributed by atoms with Crippen LogP contribution in [-0.2, 0) is 11.2 Å². The number of phenolic OH excluding ortho intramolecular Hbond substituents is 1. The van der Waals surface area contributed by atoms with Gasteiger partial charge in [-0.05, 0) is 62.7 Å². The molecule has 1 aromatic carbocycles. The summed E-state index contributed by atoms with van der Waals surface area (Å²) >= 11 is 0. The minimum Gasteiger partial charge on any atom is -0.507 e. The maximum atomic E-state index is 14.7. The predicted octanol–water partition coefficient (Wildman–Crippen LogP) is 3.01. The van der Waals surface area contributed by atoms with Crippen LogP contribution in [0.15, 0.2) is 30.5 Å². The third kappa shape index (κ3) is 4.51. The number of hydrogen-bond donors (Lipinski definition) is 3. The third-order valence-electron chi connectivity index (χ3n) is 5.20. The van der Waals surface area contributed by atoms with Crippen LogP contribution in [0.2, 0.25) is 0 Å². The maximum Gasteiger partial charge on any atom is 0.290 e. The molecule has 3 aromatic rings. The Hall–Kier alpha value is -3.20. The molecule has 0 amide bonds. The number of piperidine rings is 1. The monoisotopic (exact) mass is 415 g/mol. The number of aromatic nitrogens is 3. The van der Waals surface area contributed by atoms with Crippen LogP contribution in [-0.4, -0.2) is 62.4 Å². The van der Waals surface area contributed by atoms with Crippen molar-refractivity contribution in [2.75, 3.05) is 25.5 Å². The van der Waals surface area contributed by atoms with Gasteiger partial charge in [0, 0.05) is 18.8 Å². The summed E-state index contributed by atoms with van der Waals surface area (Å²) in [5, 5.41) is 29.3. The number of benzene rings is 1. The van der Waals surface area contributed by atoms with Crippen molar-refractivity contribution in [3.8, 4) is 17.0 Å². The molecule has 160 valence electrons. The number of aromatic hydroxyl groups is 1. The minimum atomic E-state index is -0.487. The van der Waals surface area contributed by atoms with Gasteiger partial charge in [-0.25, -0.2) is 4.39 Å². The molecule has 30 heavy (non-hydrogen) atoms. The molecule has 0 saturated carbocycles. The highest BCUT2D eigenvalue weighted by Gasteiger charge is 2.21. The van der Waals surface area contributed by atoms with E-state index in [1.54, 1.807) is 6.07 Å². The van der Waals surface area contributed by atoms with Gasteiger partial charge in [0.25, 0.3) is 6.47 Å². The fourth-order valence-electron chi connectivity index (χ4n) is 3.78. The molecule has 4 rings (SSSR count). The molecular weight excluding hydrogens is 389 g/mol. The SMILES string of the molecule is CCc1cc(O)c(-c2nnc(N[C@@H]3CCCN(C)C3)n3cccc23)c(F)c1.O=CO. The predicted molar refractivity (Wildman–Crippen MR) is 112 cm³/mol. The van der Waals surface area contributed by atoms with Crippen LogP contribution in [0.25, 0.3) is 16.8 Å². The zero-order valence-corrected chi connectivity index (χ0v) is 17.0. The quantitative estimate of drug-likeness (QED) is 0.563. The number of hydrogen-bond acceptors (Lipinski definition) is 6.